The van der Waals surface area contributed by atoms with Crippen molar-refractivity contribution in [3.63, 3.8) is 0 Å². The van der Waals surface area contributed by atoms with E-state index in [0.29, 0.717) is 17.1 Å². The summed E-state index contributed by atoms with van der Waals surface area (Å²) in [6, 6.07) is 13.1. The third kappa shape index (κ3) is 4.01. The number of benzene rings is 2. The predicted octanol–water partition coefficient (Wildman–Crippen LogP) is 4.75. The van der Waals surface area contributed by atoms with E-state index < -0.39 is 6.10 Å². The Morgan fingerprint density at radius 1 is 1.23 bits per heavy atom. The second-order valence-electron chi connectivity index (χ2n) is 5.25. The molecule has 2 rings (SSSR count). The van der Waals surface area contributed by atoms with Crippen molar-refractivity contribution >= 4 is 23.2 Å². The number of hydrogen-bond donors (Lipinski definition) is 1. The number of hydrogen-bond acceptors (Lipinski definition) is 2. The summed E-state index contributed by atoms with van der Waals surface area (Å²) in [7, 11) is 0. The highest BCUT2D eigenvalue weighted by Gasteiger charge is 2.20. The first kappa shape index (κ1) is 16.4. The Morgan fingerprint density at radius 2 is 1.95 bits per heavy atom. The van der Waals surface area contributed by atoms with E-state index in [0.717, 1.165) is 16.9 Å². The Balaban J connectivity index is 2.12. The standard InChI is InChI=1S/C18H20ClNO2/c1-4-16(22-17-11-12(2)9-10-13(17)3)18(21)20-15-8-6-5-7-14(15)19/h5-11,16H,4H2,1-3H3,(H,20,21). The van der Waals surface area contributed by atoms with E-state index >= 15 is 0 Å². The summed E-state index contributed by atoms with van der Waals surface area (Å²) in [5.41, 5.74) is 2.70. The van der Waals surface area contributed by atoms with Gasteiger partial charge in [-0.25, -0.2) is 0 Å². The summed E-state index contributed by atoms with van der Waals surface area (Å²) in [6.07, 6.45) is 0.0145. The van der Waals surface area contributed by atoms with Crippen LogP contribution in [-0.4, -0.2) is 12.0 Å². The van der Waals surface area contributed by atoms with Crippen LogP contribution >= 0.6 is 11.6 Å². The van der Waals surface area contributed by atoms with Gasteiger partial charge in [-0.3, -0.25) is 4.79 Å². The molecule has 0 aliphatic carbocycles. The molecule has 22 heavy (non-hydrogen) atoms. The first-order valence-corrected chi connectivity index (χ1v) is 7.68. The molecule has 1 amide bonds. The fourth-order valence-electron chi connectivity index (χ4n) is 2.09. The van der Waals surface area contributed by atoms with Crippen molar-refractivity contribution in [1.29, 1.82) is 0 Å². The van der Waals surface area contributed by atoms with Gasteiger partial charge in [-0.05, 0) is 49.6 Å². The molecule has 1 N–H and O–H groups in total. The normalized spacial score (nSPS) is 11.8. The Bertz CT molecular complexity index is 670. The first-order valence-electron chi connectivity index (χ1n) is 7.30. The van der Waals surface area contributed by atoms with Gasteiger partial charge in [-0.2, -0.15) is 0 Å². The predicted molar refractivity (Wildman–Crippen MR) is 90.7 cm³/mol. The van der Waals surface area contributed by atoms with Crippen molar-refractivity contribution < 1.29 is 9.53 Å². The maximum Gasteiger partial charge on any atom is 0.265 e. The van der Waals surface area contributed by atoms with Crippen LogP contribution in [0.3, 0.4) is 0 Å². The molecule has 0 aliphatic heterocycles. The molecule has 2 aromatic carbocycles. The van der Waals surface area contributed by atoms with Crippen LogP contribution in [0, 0.1) is 13.8 Å². The highest BCUT2D eigenvalue weighted by atomic mass is 35.5. The summed E-state index contributed by atoms with van der Waals surface area (Å²) < 4.78 is 5.89. The van der Waals surface area contributed by atoms with Crippen molar-refractivity contribution in [2.45, 2.75) is 33.3 Å². The van der Waals surface area contributed by atoms with Crippen molar-refractivity contribution in [1.82, 2.24) is 0 Å². The number of aryl methyl sites for hydroxylation is 2. The van der Waals surface area contributed by atoms with E-state index in [-0.39, 0.29) is 5.91 Å². The molecule has 0 saturated heterocycles. The van der Waals surface area contributed by atoms with Gasteiger partial charge in [0, 0.05) is 0 Å². The third-order valence-electron chi connectivity index (χ3n) is 3.41. The van der Waals surface area contributed by atoms with Crippen LogP contribution in [0.4, 0.5) is 5.69 Å². The van der Waals surface area contributed by atoms with Gasteiger partial charge in [0.25, 0.3) is 5.91 Å². The molecular weight excluding hydrogens is 298 g/mol. The number of amides is 1. The Hall–Kier alpha value is -2.00. The number of anilines is 1. The minimum atomic E-state index is -0.559. The molecule has 0 saturated carbocycles. The van der Waals surface area contributed by atoms with Crippen molar-refractivity contribution in [3.8, 4) is 5.75 Å². The maximum atomic E-state index is 12.4. The molecule has 0 fully saturated rings. The molecule has 0 bridgehead atoms. The third-order valence-corrected chi connectivity index (χ3v) is 3.74. The van der Waals surface area contributed by atoms with Crippen LogP contribution in [-0.2, 0) is 4.79 Å². The highest BCUT2D eigenvalue weighted by Crippen LogP contribution is 2.23. The molecule has 1 atom stereocenters. The lowest BCUT2D eigenvalue weighted by molar-refractivity contribution is -0.122. The fraction of sp³-hybridized carbons (Fsp3) is 0.278. The number of rotatable bonds is 5. The number of para-hydroxylation sites is 1. The largest absolute Gasteiger partial charge is 0.480 e. The summed E-state index contributed by atoms with van der Waals surface area (Å²) in [6.45, 7) is 5.88. The SMILES string of the molecule is CCC(Oc1cc(C)ccc1C)C(=O)Nc1ccccc1Cl. The van der Waals surface area contributed by atoms with Gasteiger partial charge < -0.3 is 10.1 Å². The average Bonchev–Trinajstić information content (AvgIpc) is 2.50. The van der Waals surface area contributed by atoms with Crippen LogP contribution in [0.2, 0.25) is 5.02 Å². The molecule has 1 unspecified atom stereocenters. The number of halogens is 1. The van der Waals surface area contributed by atoms with Gasteiger partial charge in [0.1, 0.15) is 5.75 Å². The molecule has 3 nitrogen and oxygen atoms in total. The van der Waals surface area contributed by atoms with Crippen LogP contribution in [0.25, 0.3) is 0 Å². The summed E-state index contributed by atoms with van der Waals surface area (Å²) >= 11 is 6.07. The van der Waals surface area contributed by atoms with Gasteiger partial charge in [0.2, 0.25) is 0 Å². The quantitative estimate of drug-likeness (QED) is 0.864. The van der Waals surface area contributed by atoms with Crippen LogP contribution in [0.5, 0.6) is 5.75 Å². The minimum absolute atomic E-state index is 0.198. The fourth-order valence-corrected chi connectivity index (χ4v) is 2.27. The van der Waals surface area contributed by atoms with E-state index in [1.54, 1.807) is 12.1 Å². The van der Waals surface area contributed by atoms with E-state index in [9.17, 15) is 4.79 Å². The number of nitrogens with one attached hydrogen (secondary N) is 1. The van der Waals surface area contributed by atoms with Crippen LogP contribution in [0.15, 0.2) is 42.5 Å². The van der Waals surface area contributed by atoms with Crippen molar-refractivity contribution in [2.75, 3.05) is 5.32 Å². The number of ether oxygens (including phenoxy) is 1. The van der Waals surface area contributed by atoms with E-state index in [2.05, 4.69) is 5.32 Å². The van der Waals surface area contributed by atoms with E-state index in [1.807, 2.05) is 51.1 Å². The van der Waals surface area contributed by atoms with E-state index in [1.165, 1.54) is 0 Å². The van der Waals surface area contributed by atoms with Gasteiger partial charge in [-0.1, -0.05) is 42.8 Å². The van der Waals surface area contributed by atoms with Gasteiger partial charge >= 0.3 is 0 Å². The molecule has 0 aliphatic rings. The zero-order chi connectivity index (χ0) is 16.1. The molecule has 0 aromatic heterocycles. The zero-order valence-electron chi connectivity index (χ0n) is 13.0. The second-order valence-corrected chi connectivity index (χ2v) is 5.66. The monoisotopic (exact) mass is 317 g/mol. The molecule has 4 heteroatoms. The molecule has 2 aromatic rings. The van der Waals surface area contributed by atoms with Crippen LogP contribution in [0.1, 0.15) is 24.5 Å². The van der Waals surface area contributed by atoms with Crippen molar-refractivity contribution in [3.05, 3.63) is 58.6 Å². The molecule has 116 valence electrons. The topological polar surface area (TPSA) is 38.3 Å². The van der Waals surface area contributed by atoms with Gasteiger partial charge in [-0.15, -0.1) is 0 Å². The Kier molecular flexibility index (Phi) is 5.45. The highest BCUT2D eigenvalue weighted by molar-refractivity contribution is 6.33. The first-order chi connectivity index (χ1) is 10.5. The minimum Gasteiger partial charge on any atom is -0.480 e. The Labute approximate surface area is 136 Å². The number of carbonyl (C=O) groups is 1. The Morgan fingerprint density at radius 3 is 2.64 bits per heavy atom. The van der Waals surface area contributed by atoms with Gasteiger partial charge in [0.05, 0.1) is 10.7 Å². The lowest BCUT2D eigenvalue weighted by Crippen LogP contribution is -2.32. The number of carbonyl (C=O) groups excluding carboxylic acids is 1. The molecular formula is C18H20ClNO2. The second kappa shape index (κ2) is 7.32. The molecule has 0 heterocycles. The maximum absolute atomic E-state index is 12.4. The zero-order valence-corrected chi connectivity index (χ0v) is 13.8. The average molecular weight is 318 g/mol. The van der Waals surface area contributed by atoms with Gasteiger partial charge in [0.15, 0.2) is 6.10 Å². The smallest absolute Gasteiger partial charge is 0.265 e. The summed E-state index contributed by atoms with van der Waals surface area (Å²) in [4.78, 5) is 12.4. The lowest BCUT2D eigenvalue weighted by Gasteiger charge is -2.19. The lowest BCUT2D eigenvalue weighted by atomic mass is 10.1. The van der Waals surface area contributed by atoms with E-state index in [4.69, 9.17) is 16.3 Å². The molecule has 0 radical (unpaired) electrons. The van der Waals surface area contributed by atoms with Crippen molar-refractivity contribution in [2.24, 2.45) is 0 Å². The van der Waals surface area contributed by atoms with Crippen LogP contribution < -0.4 is 10.1 Å². The summed E-state index contributed by atoms with van der Waals surface area (Å²) in [5, 5.41) is 3.33. The molecule has 0 spiro atoms. The summed E-state index contributed by atoms with van der Waals surface area (Å²) in [5.74, 6) is 0.540.